The van der Waals surface area contributed by atoms with Crippen molar-refractivity contribution in [3.8, 4) is 0 Å². The number of oxazole rings is 1. The van der Waals surface area contributed by atoms with Gasteiger partial charge in [-0.2, -0.15) is 0 Å². The van der Waals surface area contributed by atoms with Gasteiger partial charge in [0.25, 0.3) is 0 Å². The number of rotatable bonds is 7. The molecule has 2 atom stereocenters. The second-order valence-corrected chi connectivity index (χ2v) is 10.6. The van der Waals surface area contributed by atoms with Crippen molar-refractivity contribution in [1.29, 1.82) is 0 Å². The van der Waals surface area contributed by atoms with E-state index in [-0.39, 0.29) is 30.7 Å². The van der Waals surface area contributed by atoms with Crippen molar-refractivity contribution in [2.45, 2.75) is 58.1 Å². The molecule has 2 saturated heterocycles. The van der Waals surface area contributed by atoms with Crippen LogP contribution in [0.4, 0.5) is 4.79 Å². The third-order valence-electron chi connectivity index (χ3n) is 7.32. The molecule has 0 spiro atoms. The van der Waals surface area contributed by atoms with Gasteiger partial charge in [0.2, 0.25) is 11.8 Å². The maximum Gasteiger partial charge on any atom is 0.420 e. The molecule has 11 heteroatoms. The van der Waals surface area contributed by atoms with Crippen molar-refractivity contribution < 1.29 is 28.6 Å². The zero-order valence-corrected chi connectivity index (χ0v) is 21.0. The topological polar surface area (TPSA) is 143 Å². The number of carbonyl (C=O) groups excluding carboxylic acids is 2. The van der Waals surface area contributed by atoms with Gasteiger partial charge in [-0.05, 0) is 42.9 Å². The molecule has 3 amide bonds. The highest BCUT2D eigenvalue weighted by Gasteiger charge is 2.46. The summed E-state index contributed by atoms with van der Waals surface area (Å²) in [7, 11) is 0. The van der Waals surface area contributed by atoms with Crippen LogP contribution in [-0.4, -0.2) is 70.9 Å². The number of hydrogen-bond acceptors (Lipinski definition) is 7. The van der Waals surface area contributed by atoms with Crippen molar-refractivity contribution >= 4 is 29.0 Å². The molecule has 2 aliphatic heterocycles. The standard InChI is InChI=1S/C25H34N4O7/c1-24(2,3)25(14-26-22(32)33)15-28(12-13-35-25)11-5-7-16-6-4-8-17-20(16)36-23(34)29(17)18-9-10-19(30)27-21(18)31/h4,6,8,18,26H,5,7,9-15H2,1-3H3,(H,32,33)(H,27,30,31)/t18?,25-/m0/s1. The van der Waals surface area contributed by atoms with Gasteiger partial charge in [0.15, 0.2) is 5.58 Å². The molecular formula is C25H34N4O7. The summed E-state index contributed by atoms with van der Waals surface area (Å²) in [4.78, 5) is 50.0. The van der Waals surface area contributed by atoms with Crippen molar-refractivity contribution in [1.82, 2.24) is 20.1 Å². The number of ether oxygens (including phenoxy) is 1. The van der Waals surface area contributed by atoms with Gasteiger partial charge >= 0.3 is 11.8 Å². The zero-order chi connectivity index (χ0) is 26.1. The number of aryl methyl sites for hydroxylation is 1. The minimum atomic E-state index is -1.07. The van der Waals surface area contributed by atoms with E-state index in [1.165, 1.54) is 4.57 Å². The molecule has 11 nitrogen and oxygen atoms in total. The first-order chi connectivity index (χ1) is 17.0. The van der Waals surface area contributed by atoms with Crippen molar-refractivity contribution in [3.05, 3.63) is 34.3 Å². The summed E-state index contributed by atoms with van der Waals surface area (Å²) in [5.74, 6) is -1.44. The van der Waals surface area contributed by atoms with E-state index in [4.69, 9.17) is 14.3 Å². The third-order valence-corrected chi connectivity index (χ3v) is 7.32. The normalized spacial score (nSPS) is 23.6. The highest BCUT2D eigenvalue weighted by Crippen LogP contribution is 2.36. The van der Waals surface area contributed by atoms with Crippen molar-refractivity contribution in [2.75, 3.05) is 32.8 Å². The Morgan fingerprint density at radius 3 is 2.75 bits per heavy atom. The van der Waals surface area contributed by atoms with Crippen LogP contribution in [0, 0.1) is 5.41 Å². The monoisotopic (exact) mass is 502 g/mol. The van der Waals surface area contributed by atoms with Crippen LogP contribution >= 0.6 is 0 Å². The largest absolute Gasteiger partial charge is 0.465 e. The van der Waals surface area contributed by atoms with E-state index in [9.17, 15) is 19.2 Å². The quantitative estimate of drug-likeness (QED) is 0.487. The van der Waals surface area contributed by atoms with E-state index in [0.29, 0.717) is 30.7 Å². The Morgan fingerprint density at radius 2 is 2.06 bits per heavy atom. The molecule has 0 aliphatic carbocycles. The van der Waals surface area contributed by atoms with Gasteiger partial charge in [-0.25, -0.2) is 9.59 Å². The van der Waals surface area contributed by atoms with Crippen LogP contribution in [0.2, 0.25) is 0 Å². The highest BCUT2D eigenvalue weighted by molar-refractivity contribution is 6.00. The second-order valence-electron chi connectivity index (χ2n) is 10.6. The molecule has 3 N–H and O–H groups in total. The van der Waals surface area contributed by atoms with Gasteiger partial charge in [0.05, 0.1) is 18.7 Å². The minimum Gasteiger partial charge on any atom is -0.465 e. The van der Waals surface area contributed by atoms with Gasteiger partial charge in [-0.15, -0.1) is 0 Å². The summed E-state index contributed by atoms with van der Waals surface area (Å²) >= 11 is 0. The van der Waals surface area contributed by atoms with Crippen LogP contribution in [0.3, 0.4) is 0 Å². The van der Waals surface area contributed by atoms with Gasteiger partial charge in [0, 0.05) is 19.5 Å². The van der Waals surface area contributed by atoms with Crippen molar-refractivity contribution in [2.24, 2.45) is 5.41 Å². The number of para-hydroxylation sites is 1. The molecule has 2 aliphatic rings. The van der Waals surface area contributed by atoms with Crippen molar-refractivity contribution in [3.63, 3.8) is 0 Å². The Morgan fingerprint density at radius 1 is 1.28 bits per heavy atom. The first kappa shape index (κ1) is 25.9. The van der Waals surface area contributed by atoms with Gasteiger partial charge in [0.1, 0.15) is 11.6 Å². The maximum absolute atomic E-state index is 12.7. The van der Waals surface area contributed by atoms with E-state index in [0.717, 1.165) is 25.1 Å². The number of aromatic nitrogens is 1. The number of amides is 3. The maximum atomic E-state index is 12.7. The lowest BCUT2D eigenvalue weighted by Gasteiger charge is -2.50. The minimum absolute atomic E-state index is 0.173. The summed E-state index contributed by atoms with van der Waals surface area (Å²) in [6.45, 7) is 8.99. The summed E-state index contributed by atoms with van der Waals surface area (Å²) in [6, 6.07) is 4.73. The smallest absolute Gasteiger partial charge is 0.420 e. The highest BCUT2D eigenvalue weighted by atomic mass is 16.5. The predicted octanol–water partition coefficient (Wildman–Crippen LogP) is 1.89. The predicted molar refractivity (Wildman–Crippen MR) is 131 cm³/mol. The van der Waals surface area contributed by atoms with Crippen LogP contribution < -0.4 is 16.4 Å². The molecule has 3 heterocycles. The Bertz CT molecular complexity index is 1210. The molecule has 2 aromatic rings. The van der Waals surface area contributed by atoms with E-state index in [1.807, 2.05) is 12.1 Å². The molecule has 1 aromatic carbocycles. The summed E-state index contributed by atoms with van der Waals surface area (Å²) in [6.07, 6.45) is 0.809. The first-order valence-electron chi connectivity index (χ1n) is 12.3. The molecule has 36 heavy (non-hydrogen) atoms. The summed E-state index contributed by atoms with van der Waals surface area (Å²) < 4.78 is 13.1. The summed E-state index contributed by atoms with van der Waals surface area (Å²) in [5.41, 5.74) is 0.963. The van der Waals surface area contributed by atoms with Crippen LogP contribution in [-0.2, 0) is 20.7 Å². The average Bonchev–Trinajstić information content (AvgIpc) is 3.14. The van der Waals surface area contributed by atoms with Crippen LogP contribution in [0.25, 0.3) is 11.1 Å². The van der Waals surface area contributed by atoms with E-state index in [1.54, 1.807) is 6.07 Å². The fourth-order valence-corrected chi connectivity index (χ4v) is 5.12. The lowest BCUT2D eigenvalue weighted by molar-refractivity contribution is -0.162. The van der Waals surface area contributed by atoms with Gasteiger partial charge in [-0.3, -0.25) is 24.4 Å². The zero-order valence-electron chi connectivity index (χ0n) is 21.0. The number of morpholine rings is 1. The van der Waals surface area contributed by atoms with E-state index >= 15 is 0 Å². The number of benzene rings is 1. The number of carbonyl (C=O) groups is 3. The van der Waals surface area contributed by atoms with Gasteiger partial charge in [-0.1, -0.05) is 32.9 Å². The number of hydrogen-bond donors (Lipinski definition) is 3. The van der Waals surface area contributed by atoms with Crippen LogP contribution in [0.15, 0.2) is 27.4 Å². The Balaban J connectivity index is 1.46. The fraction of sp³-hybridized carbons (Fsp3) is 0.600. The Hall–Kier alpha value is -3.18. The summed E-state index contributed by atoms with van der Waals surface area (Å²) in [5, 5.41) is 13.9. The lowest BCUT2D eigenvalue weighted by atomic mass is 9.75. The fourth-order valence-electron chi connectivity index (χ4n) is 5.12. The average molecular weight is 503 g/mol. The molecular weight excluding hydrogens is 468 g/mol. The third kappa shape index (κ3) is 5.17. The van der Waals surface area contributed by atoms with E-state index in [2.05, 4.69) is 36.3 Å². The second kappa shape index (κ2) is 10.1. The van der Waals surface area contributed by atoms with Crippen LogP contribution in [0.5, 0.6) is 0 Å². The number of nitrogens with zero attached hydrogens (tertiary/aromatic N) is 2. The van der Waals surface area contributed by atoms with Crippen LogP contribution in [0.1, 0.15) is 51.6 Å². The molecule has 4 rings (SSSR count). The first-order valence-corrected chi connectivity index (χ1v) is 12.3. The molecule has 0 saturated carbocycles. The number of imide groups is 1. The lowest BCUT2D eigenvalue weighted by Crippen LogP contribution is -2.63. The Labute approximate surface area is 208 Å². The molecule has 2 fully saturated rings. The van der Waals surface area contributed by atoms with Gasteiger partial charge < -0.3 is 19.6 Å². The number of fused-ring (bicyclic) bond motifs is 1. The Kier molecular flexibility index (Phi) is 7.24. The molecule has 1 unspecified atom stereocenters. The molecule has 0 bridgehead atoms. The SMILES string of the molecule is CC(C)(C)[C@]1(CNC(=O)O)CN(CCCc2cccc3c2oc(=O)n3C2CCC(=O)NC2=O)CCO1. The molecule has 1 aromatic heterocycles. The molecule has 0 radical (unpaired) electrons. The van der Waals surface area contributed by atoms with E-state index < -0.39 is 29.4 Å². The number of piperidine rings is 1. The molecule has 196 valence electrons. The number of nitrogens with one attached hydrogen (secondary N) is 2. The number of carboxylic acid groups (broad SMARTS) is 1.